The van der Waals surface area contributed by atoms with Crippen LogP contribution in [0.25, 0.3) is 0 Å². The van der Waals surface area contributed by atoms with Gasteiger partial charge in [-0.15, -0.1) is 0 Å². The Bertz CT molecular complexity index is 411. The van der Waals surface area contributed by atoms with Crippen LogP contribution >= 0.6 is 0 Å². The van der Waals surface area contributed by atoms with Crippen LogP contribution < -0.4 is 4.74 Å². The van der Waals surface area contributed by atoms with Gasteiger partial charge in [0.25, 0.3) is 0 Å². The minimum absolute atomic E-state index is 0.340. The fourth-order valence-electron chi connectivity index (χ4n) is 1.62. The van der Waals surface area contributed by atoms with E-state index in [0.29, 0.717) is 13.0 Å². The van der Waals surface area contributed by atoms with E-state index >= 15 is 0 Å². The maximum atomic E-state index is 10.6. The summed E-state index contributed by atoms with van der Waals surface area (Å²) in [6.07, 6.45) is 2.90. The average molecular weight is 219 g/mol. The zero-order valence-corrected chi connectivity index (χ0v) is 10.0. The summed E-state index contributed by atoms with van der Waals surface area (Å²) in [7, 11) is 0. The number of aryl methyl sites for hydroxylation is 2. The summed E-state index contributed by atoms with van der Waals surface area (Å²) in [5.74, 6) is 0.775. The van der Waals surface area contributed by atoms with Crippen LogP contribution in [0.2, 0.25) is 0 Å². The van der Waals surface area contributed by atoms with E-state index < -0.39 is 0 Å². The lowest BCUT2D eigenvalue weighted by Gasteiger charge is -2.15. The molecule has 3 nitrogen and oxygen atoms in total. The first kappa shape index (κ1) is 12.4. The van der Waals surface area contributed by atoms with Crippen molar-refractivity contribution in [3.05, 3.63) is 35.2 Å². The molecule has 1 heterocycles. The molecule has 0 unspecified atom stereocenters. The molecular weight excluding hydrogens is 202 g/mol. The minimum Gasteiger partial charge on any atom is -0.489 e. The summed E-state index contributed by atoms with van der Waals surface area (Å²) in [5.41, 5.74) is 3.66. The molecule has 16 heavy (non-hydrogen) atoms. The van der Waals surface area contributed by atoms with Crippen molar-refractivity contribution in [1.29, 1.82) is 0 Å². The highest BCUT2D eigenvalue weighted by molar-refractivity contribution is 5.60. The van der Waals surface area contributed by atoms with Gasteiger partial charge in [0.1, 0.15) is 18.6 Å². The van der Waals surface area contributed by atoms with Crippen LogP contribution in [0.4, 0.5) is 0 Å². The van der Waals surface area contributed by atoms with Crippen molar-refractivity contribution in [2.75, 3.05) is 6.61 Å². The Hall–Kier alpha value is -1.64. The van der Waals surface area contributed by atoms with Crippen LogP contribution in [-0.2, 0) is 11.2 Å². The fourth-order valence-corrected chi connectivity index (χ4v) is 1.62. The van der Waals surface area contributed by atoms with Crippen molar-refractivity contribution in [1.82, 2.24) is 4.98 Å². The summed E-state index contributed by atoms with van der Waals surface area (Å²) < 4.78 is 5.61. The molecule has 0 amide bonds. The molecule has 3 heteroatoms. The Morgan fingerprint density at radius 2 is 2.00 bits per heavy atom. The second-order valence-corrected chi connectivity index (χ2v) is 3.69. The number of hydrogen-bond donors (Lipinski definition) is 0. The lowest BCUT2D eigenvalue weighted by molar-refractivity contribution is -0.107. The monoisotopic (exact) mass is 219 g/mol. The summed E-state index contributed by atoms with van der Waals surface area (Å²) in [6.45, 7) is 9.84. The predicted molar refractivity (Wildman–Crippen MR) is 63.9 cm³/mol. The molecule has 1 rings (SSSR count). The Kier molecular flexibility index (Phi) is 4.23. The maximum absolute atomic E-state index is 10.6. The maximum Gasteiger partial charge on any atom is 0.129 e. The van der Waals surface area contributed by atoms with Crippen LogP contribution in [0.5, 0.6) is 5.75 Å². The first-order chi connectivity index (χ1) is 7.61. The van der Waals surface area contributed by atoms with E-state index in [2.05, 4.69) is 11.6 Å². The van der Waals surface area contributed by atoms with E-state index in [-0.39, 0.29) is 0 Å². The highest BCUT2D eigenvalue weighted by atomic mass is 16.5. The molecule has 0 saturated heterocycles. The van der Waals surface area contributed by atoms with Crippen molar-refractivity contribution in [3.8, 4) is 5.75 Å². The molecule has 0 fully saturated rings. The number of nitrogens with zero attached hydrogens (tertiary/aromatic N) is 1. The highest BCUT2D eigenvalue weighted by Gasteiger charge is 2.13. The van der Waals surface area contributed by atoms with Gasteiger partial charge in [0.15, 0.2) is 0 Å². The third-order valence-corrected chi connectivity index (χ3v) is 2.56. The summed E-state index contributed by atoms with van der Waals surface area (Å²) >= 11 is 0. The van der Waals surface area contributed by atoms with Gasteiger partial charge in [-0.3, -0.25) is 4.98 Å². The van der Waals surface area contributed by atoms with Crippen LogP contribution in [0.1, 0.15) is 22.5 Å². The van der Waals surface area contributed by atoms with Crippen LogP contribution in [0, 0.1) is 20.8 Å². The summed E-state index contributed by atoms with van der Waals surface area (Å²) in [4.78, 5) is 15.0. The molecule has 0 bridgehead atoms. The van der Waals surface area contributed by atoms with Gasteiger partial charge in [0.2, 0.25) is 0 Å². The number of carbonyl (C=O) groups excluding carboxylic acids is 1. The molecule has 0 aliphatic carbocycles. The van der Waals surface area contributed by atoms with Gasteiger partial charge in [0.05, 0.1) is 0 Å². The lowest BCUT2D eigenvalue weighted by atomic mass is 10.0. The van der Waals surface area contributed by atoms with Gasteiger partial charge in [-0.2, -0.15) is 0 Å². The summed E-state index contributed by atoms with van der Waals surface area (Å²) in [6, 6.07) is 0. The molecule has 0 saturated carbocycles. The van der Waals surface area contributed by atoms with Gasteiger partial charge >= 0.3 is 0 Å². The number of hydrogen-bond acceptors (Lipinski definition) is 3. The molecule has 1 aromatic rings. The van der Waals surface area contributed by atoms with E-state index in [0.717, 1.165) is 34.6 Å². The minimum atomic E-state index is 0.340. The molecule has 1 aromatic heterocycles. The molecule has 0 N–H and O–H groups in total. The molecular formula is C13H17NO2. The number of aromatic nitrogens is 1. The largest absolute Gasteiger partial charge is 0.489 e. The summed E-state index contributed by atoms with van der Waals surface area (Å²) in [5, 5.41) is 0. The molecule has 0 aromatic carbocycles. The topological polar surface area (TPSA) is 39.2 Å². The molecule has 0 aliphatic heterocycles. The van der Waals surface area contributed by atoms with E-state index in [1.54, 1.807) is 6.08 Å². The average Bonchev–Trinajstić information content (AvgIpc) is 2.25. The van der Waals surface area contributed by atoms with E-state index in [4.69, 9.17) is 4.74 Å². The standard InChI is InChI=1S/C13H17NO2/c1-5-8-16-13-9(2)10(3)14-11(4)12(13)6-7-15/h5,7H,1,6,8H2,2-4H3. The van der Waals surface area contributed by atoms with Gasteiger partial charge in [-0.25, -0.2) is 0 Å². The molecule has 0 atom stereocenters. The SMILES string of the molecule is C=CCOc1c(C)c(C)nc(C)c1CC=O. The van der Waals surface area contributed by atoms with Gasteiger partial charge in [-0.05, 0) is 20.8 Å². The lowest BCUT2D eigenvalue weighted by Crippen LogP contribution is -2.06. The van der Waals surface area contributed by atoms with Crippen LogP contribution in [-0.4, -0.2) is 17.9 Å². The number of carbonyl (C=O) groups is 1. The Morgan fingerprint density at radius 1 is 1.31 bits per heavy atom. The van der Waals surface area contributed by atoms with Crippen molar-refractivity contribution in [2.45, 2.75) is 27.2 Å². The van der Waals surface area contributed by atoms with Crippen LogP contribution in [0.15, 0.2) is 12.7 Å². The van der Waals surface area contributed by atoms with Crippen molar-refractivity contribution < 1.29 is 9.53 Å². The zero-order chi connectivity index (χ0) is 12.1. The molecule has 0 spiro atoms. The number of aldehydes is 1. The Balaban J connectivity index is 3.26. The third-order valence-electron chi connectivity index (χ3n) is 2.56. The van der Waals surface area contributed by atoms with Crippen molar-refractivity contribution in [2.24, 2.45) is 0 Å². The Labute approximate surface area is 96.2 Å². The van der Waals surface area contributed by atoms with Crippen LogP contribution in [0.3, 0.4) is 0 Å². The second-order valence-electron chi connectivity index (χ2n) is 3.69. The van der Waals surface area contributed by atoms with Gasteiger partial charge in [-0.1, -0.05) is 12.7 Å². The predicted octanol–water partition coefficient (Wildman–Crippen LogP) is 2.31. The van der Waals surface area contributed by atoms with E-state index in [9.17, 15) is 4.79 Å². The smallest absolute Gasteiger partial charge is 0.129 e. The highest BCUT2D eigenvalue weighted by Crippen LogP contribution is 2.27. The van der Waals surface area contributed by atoms with Crippen molar-refractivity contribution >= 4 is 6.29 Å². The Morgan fingerprint density at radius 3 is 2.56 bits per heavy atom. The van der Waals surface area contributed by atoms with E-state index in [1.807, 2.05) is 20.8 Å². The fraction of sp³-hybridized carbons (Fsp3) is 0.385. The van der Waals surface area contributed by atoms with Crippen molar-refractivity contribution in [3.63, 3.8) is 0 Å². The first-order valence-corrected chi connectivity index (χ1v) is 5.25. The normalized spacial score (nSPS) is 9.94. The molecule has 0 aliphatic rings. The molecule has 0 radical (unpaired) electrons. The van der Waals surface area contributed by atoms with Gasteiger partial charge < -0.3 is 9.53 Å². The quantitative estimate of drug-likeness (QED) is 0.563. The number of pyridine rings is 1. The molecule has 86 valence electrons. The van der Waals surface area contributed by atoms with Gasteiger partial charge in [0, 0.05) is 28.9 Å². The third kappa shape index (κ3) is 2.48. The number of rotatable bonds is 5. The number of ether oxygens (including phenoxy) is 1. The first-order valence-electron chi connectivity index (χ1n) is 5.25. The second kappa shape index (κ2) is 5.45. The van der Waals surface area contributed by atoms with E-state index in [1.165, 1.54) is 0 Å². The zero-order valence-electron chi connectivity index (χ0n) is 10.0.